The topological polar surface area (TPSA) is 69.0 Å². The van der Waals surface area contributed by atoms with Crippen molar-refractivity contribution < 1.29 is 22.7 Å². The Morgan fingerprint density at radius 2 is 2.03 bits per heavy atom. The van der Waals surface area contributed by atoms with Crippen LogP contribution in [0.3, 0.4) is 0 Å². The van der Waals surface area contributed by atoms with Gasteiger partial charge in [-0.1, -0.05) is 6.92 Å². The Morgan fingerprint density at radius 1 is 1.26 bits per heavy atom. The Kier molecular flexibility index (Phi) is 4.83. The van der Waals surface area contributed by atoms with Gasteiger partial charge in [0.1, 0.15) is 11.6 Å². The van der Waals surface area contributed by atoms with E-state index in [2.05, 4.69) is 15.4 Å². The van der Waals surface area contributed by atoms with Gasteiger partial charge in [-0.25, -0.2) is 9.07 Å². The van der Waals surface area contributed by atoms with E-state index in [1.807, 2.05) is 6.92 Å². The number of ether oxygens (including phenoxy) is 1. The highest BCUT2D eigenvalue weighted by Crippen LogP contribution is 2.61. The van der Waals surface area contributed by atoms with Gasteiger partial charge < -0.3 is 10.1 Å². The maximum Gasteiger partial charge on any atom is 0.333 e. The van der Waals surface area contributed by atoms with Crippen molar-refractivity contribution in [3.63, 3.8) is 0 Å². The van der Waals surface area contributed by atoms with Gasteiger partial charge in [0.15, 0.2) is 0 Å². The lowest BCUT2D eigenvalue weighted by molar-refractivity contribution is -0.120. The number of carbonyl (C=O) groups excluding carboxylic acids is 1. The number of hydrogen-bond donors (Lipinski definition) is 1. The van der Waals surface area contributed by atoms with E-state index in [1.54, 1.807) is 18.3 Å². The molecule has 2 heterocycles. The lowest BCUT2D eigenvalue weighted by atomic mass is 9.97. The van der Waals surface area contributed by atoms with E-state index in [9.17, 15) is 18.0 Å². The second kappa shape index (κ2) is 7.55. The van der Waals surface area contributed by atoms with Gasteiger partial charge in [0, 0.05) is 17.5 Å². The molecule has 0 radical (unpaired) electrons. The molecule has 2 fully saturated rings. The molecule has 31 heavy (non-hydrogen) atoms. The first kappa shape index (κ1) is 19.8. The first-order valence-electron chi connectivity index (χ1n) is 10.2. The third kappa shape index (κ3) is 3.73. The Morgan fingerprint density at radius 3 is 2.74 bits per heavy atom. The molecule has 0 saturated heterocycles. The molecular weight excluding hydrogens is 409 g/mol. The molecule has 2 aliphatic rings. The van der Waals surface area contributed by atoms with Crippen LogP contribution in [0.4, 0.5) is 18.9 Å². The van der Waals surface area contributed by atoms with Crippen LogP contribution in [0.2, 0.25) is 0 Å². The fourth-order valence-corrected chi connectivity index (χ4v) is 5.00. The number of anilines is 1. The zero-order chi connectivity index (χ0) is 21.7. The van der Waals surface area contributed by atoms with Crippen LogP contribution in [0.15, 0.2) is 42.9 Å². The molecule has 9 heteroatoms. The van der Waals surface area contributed by atoms with Crippen LogP contribution in [0.5, 0.6) is 5.75 Å². The first-order valence-corrected chi connectivity index (χ1v) is 10.2. The number of nitrogens with one attached hydrogen (secondary N) is 1. The number of halogens is 3. The third-order valence-corrected chi connectivity index (χ3v) is 6.49. The summed E-state index contributed by atoms with van der Waals surface area (Å²) in [7, 11) is 0. The second-order valence-corrected chi connectivity index (χ2v) is 8.35. The molecule has 0 spiro atoms. The molecule has 162 valence electrons. The normalized spacial score (nSPS) is 25.5. The van der Waals surface area contributed by atoms with E-state index < -0.39 is 6.55 Å². The largest absolute Gasteiger partial charge is 0.490 e. The molecule has 1 N–H and O–H groups in total. The van der Waals surface area contributed by atoms with Gasteiger partial charge in [0.25, 0.3) is 0 Å². The van der Waals surface area contributed by atoms with Gasteiger partial charge in [-0.2, -0.15) is 13.9 Å². The van der Waals surface area contributed by atoms with E-state index in [-0.39, 0.29) is 35.4 Å². The molecule has 2 aromatic heterocycles. The Hall–Kier alpha value is -3.10. The minimum atomic E-state index is -2.74. The fourth-order valence-electron chi connectivity index (χ4n) is 5.00. The minimum Gasteiger partial charge on any atom is -0.490 e. The molecule has 5 atom stereocenters. The number of aromatic nitrogens is 3. The summed E-state index contributed by atoms with van der Waals surface area (Å²) in [5.74, 6) is 0.881. The summed E-state index contributed by atoms with van der Waals surface area (Å²) in [6.07, 6.45) is 5.66. The van der Waals surface area contributed by atoms with Gasteiger partial charge in [-0.15, -0.1) is 0 Å². The SMILES string of the molecule is CC(C(=O)Nc1cnn(C(F)F)c1)[C@@H]1[C@@H]2C[C@@H](Oc3ccnc4ccc(F)cc34)C[C@@H]21. The average molecular weight is 430 g/mol. The molecule has 2 saturated carbocycles. The van der Waals surface area contributed by atoms with Gasteiger partial charge in [0.05, 0.1) is 29.7 Å². The van der Waals surface area contributed by atoms with Crippen molar-refractivity contribution in [1.82, 2.24) is 14.8 Å². The standard InChI is InChI=1S/C22H21F3N4O2/c1-11(21(30)28-13-9-27-29(10-13)22(24)25)20-15-7-14(8-16(15)20)31-19-4-5-26-18-3-2-12(23)6-17(18)19/h2-6,9-11,14-16,20,22H,7-8H2,1H3,(H,28,30)/t11?,14-,15-,16+,20-. The Balaban J connectivity index is 1.18. The number of fused-ring (bicyclic) bond motifs is 2. The second-order valence-electron chi connectivity index (χ2n) is 8.35. The van der Waals surface area contributed by atoms with Crippen molar-refractivity contribution in [2.75, 3.05) is 5.32 Å². The van der Waals surface area contributed by atoms with E-state index in [1.165, 1.54) is 18.3 Å². The summed E-state index contributed by atoms with van der Waals surface area (Å²) < 4.78 is 45.6. The molecule has 2 aliphatic carbocycles. The lowest BCUT2D eigenvalue weighted by Crippen LogP contribution is -2.25. The number of hydrogen-bond acceptors (Lipinski definition) is 4. The number of benzene rings is 1. The first-order chi connectivity index (χ1) is 14.9. The zero-order valence-electron chi connectivity index (χ0n) is 16.7. The maximum atomic E-state index is 13.6. The molecule has 1 unspecified atom stereocenters. The van der Waals surface area contributed by atoms with E-state index in [0.29, 0.717) is 33.2 Å². The molecule has 1 aromatic carbocycles. The summed E-state index contributed by atoms with van der Waals surface area (Å²) >= 11 is 0. The van der Waals surface area contributed by atoms with Crippen molar-refractivity contribution in [3.05, 3.63) is 48.7 Å². The van der Waals surface area contributed by atoms with Crippen LogP contribution in [0, 0.1) is 29.5 Å². The van der Waals surface area contributed by atoms with Crippen LogP contribution >= 0.6 is 0 Å². The van der Waals surface area contributed by atoms with Crippen molar-refractivity contribution in [3.8, 4) is 5.75 Å². The molecule has 5 rings (SSSR count). The minimum absolute atomic E-state index is 0.0136. The van der Waals surface area contributed by atoms with Crippen LogP contribution in [0.1, 0.15) is 26.3 Å². The molecule has 3 aromatic rings. The summed E-state index contributed by atoms with van der Waals surface area (Å²) in [6.45, 7) is -0.873. The van der Waals surface area contributed by atoms with Crippen molar-refractivity contribution >= 4 is 22.5 Å². The maximum absolute atomic E-state index is 13.6. The lowest BCUT2D eigenvalue weighted by Gasteiger charge is -2.20. The monoisotopic (exact) mass is 430 g/mol. The highest BCUT2D eigenvalue weighted by atomic mass is 19.3. The van der Waals surface area contributed by atoms with Crippen LogP contribution < -0.4 is 10.1 Å². The average Bonchev–Trinajstić information content (AvgIpc) is 3.08. The number of carbonyl (C=O) groups is 1. The molecular formula is C22H21F3N4O2. The van der Waals surface area contributed by atoms with Crippen molar-refractivity contribution in [2.24, 2.45) is 23.7 Å². The number of nitrogens with zero attached hydrogens (tertiary/aromatic N) is 3. The van der Waals surface area contributed by atoms with Gasteiger partial charge in [-0.05, 0) is 54.9 Å². The Labute approximate surface area is 176 Å². The number of alkyl halides is 2. The highest BCUT2D eigenvalue weighted by molar-refractivity contribution is 5.92. The third-order valence-electron chi connectivity index (χ3n) is 6.49. The van der Waals surface area contributed by atoms with Gasteiger partial charge >= 0.3 is 6.55 Å². The van der Waals surface area contributed by atoms with E-state index in [0.717, 1.165) is 19.0 Å². The quantitative estimate of drug-likeness (QED) is 0.619. The number of amides is 1. The van der Waals surface area contributed by atoms with Crippen LogP contribution in [-0.4, -0.2) is 26.8 Å². The molecule has 1 amide bonds. The summed E-state index contributed by atoms with van der Waals surface area (Å²) in [5.41, 5.74) is 0.946. The predicted octanol–water partition coefficient (Wildman–Crippen LogP) is 4.64. The summed E-state index contributed by atoms with van der Waals surface area (Å²) in [5, 5.41) is 6.85. The molecule has 0 aliphatic heterocycles. The highest BCUT2D eigenvalue weighted by Gasteiger charge is 2.59. The summed E-state index contributed by atoms with van der Waals surface area (Å²) in [4.78, 5) is 16.8. The van der Waals surface area contributed by atoms with Crippen LogP contribution in [0.25, 0.3) is 10.9 Å². The summed E-state index contributed by atoms with van der Waals surface area (Å²) in [6, 6.07) is 6.18. The smallest absolute Gasteiger partial charge is 0.333 e. The molecule has 6 nitrogen and oxygen atoms in total. The van der Waals surface area contributed by atoms with E-state index >= 15 is 0 Å². The van der Waals surface area contributed by atoms with Crippen LogP contribution in [-0.2, 0) is 4.79 Å². The van der Waals surface area contributed by atoms with Crippen molar-refractivity contribution in [2.45, 2.75) is 32.4 Å². The van der Waals surface area contributed by atoms with Gasteiger partial charge in [0.2, 0.25) is 5.91 Å². The number of pyridine rings is 1. The zero-order valence-corrected chi connectivity index (χ0v) is 16.7. The van der Waals surface area contributed by atoms with Crippen molar-refractivity contribution in [1.29, 1.82) is 0 Å². The molecule has 0 bridgehead atoms. The predicted molar refractivity (Wildman–Crippen MR) is 107 cm³/mol. The fraction of sp³-hybridized carbons (Fsp3) is 0.409. The van der Waals surface area contributed by atoms with Gasteiger partial charge in [-0.3, -0.25) is 9.78 Å². The van der Waals surface area contributed by atoms with E-state index in [4.69, 9.17) is 4.74 Å². The Bertz CT molecular complexity index is 1120. The number of rotatable bonds is 6.